The third-order valence-electron chi connectivity index (χ3n) is 5.57. The summed E-state index contributed by atoms with van der Waals surface area (Å²) in [4.78, 5) is 10.5. The van der Waals surface area contributed by atoms with Gasteiger partial charge in [-0.3, -0.25) is 9.78 Å². The van der Waals surface area contributed by atoms with Crippen molar-refractivity contribution < 1.29 is 8.78 Å². The molecule has 0 saturated heterocycles. The molecule has 4 aromatic rings. The SMILES string of the molecule is CCc1cc(-c2ncc(F)c(N3CCc4cn[nH]c4C3)n2)nn1Cc1ccccc1F. The molecule has 1 aliphatic heterocycles. The highest BCUT2D eigenvalue weighted by atomic mass is 19.1. The number of aromatic nitrogens is 6. The molecule has 31 heavy (non-hydrogen) atoms. The van der Waals surface area contributed by atoms with Gasteiger partial charge in [-0.1, -0.05) is 25.1 Å². The zero-order valence-corrected chi connectivity index (χ0v) is 17.0. The van der Waals surface area contributed by atoms with Crippen LogP contribution in [0.25, 0.3) is 11.5 Å². The van der Waals surface area contributed by atoms with Gasteiger partial charge in [0.15, 0.2) is 17.5 Å². The van der Waals surface area contributed by atoms with E-state index >= 15 is 0 Å². The molecule has 1 aromatic carbocycles. The number of rotatable bonds is 5. The Balaban J connectivity index is 1.46. The Kier molecular flexibility index (Phi) is 4.93. The van der Waals surface area contributed by atoms with Gasteiger partial charge in [0.2, 0.25) is 0 Å². The maximum Gasteiger partial charge on any atom is 0.183 e. The standard InChI is InChI=1S/C22H21F2N7/c1-2-16-9-19(29-31(16)12-15-5-3-4-6-17(15)23)21-25-11-18(24)22(27-21)30-8-7-14-10-26-28-20(14)13-30/h3-6,9-11H,2,7-8,12-13H2,1H3,(H,26,28). The first-order valence-corrected chi connectivity index (χ1v) is 10.2. The van der Waals surface area contributed by atoms with E-state index < -0.39 is 5.82 Å². The summed E-state index contributed by atoms with van der Waals surface area (Å²) < 4.78 is 30.4. The summed E-state index contributed by atoms with van der Waals surface area (Å²) in [5, 5.41) is 11.6. The van der Waals surface area contributed by atoms with Gasteiger partial charge in [0, 0.05) is 17.8 Å². The molecule has 3 aromatic heterocycles. The lowest BCUT2D eigenvalue weighted by molar-refractivity contribution is 0.576. The summed E-state index contributed by atoms with van der Waals surface area (Å²) in [7, 11) is 0. The Morgan fingerprint density at radius 1 is 1.13 bits per heavy atom. The maximum atomic E-state index is 14.6. The minimum Gasteiger partial charge on any atom is -0.348 e. The molecule has 5 rings (SSSR count). The minimum atomic E-state index is -0.479. The predicted molar refractivity (Wildman–Crippen MR) is 111 cm³/mol. The summed E-state index contributed by atoms with van der Waals surface area (Å²) in [5.74, 6) is -0.167. The highest BCUT2D eigenvalue weighted by Crippen LogP contribution is 2.26. The van der Waals surface area contributed by atoms with Crippen molar-refractivity contribution >= 4 is 5.82 Å². The van der Waals surface area contributed by atoms with E-state index in [1.54, 1.807) is 22.9 Å². The highest BCUT2D eigenvalue weighted by Gasteiger charge is 2.23. The first kappa shape index (κ1) is 19.3. The minimum absolute atomic E-state index is 0.243. The zero-order chi connectivity index (χ0) is 21.4. The summed E-state index contributed by atoms with van der Waals surface area (Å²) in [6.07, 6.45) is 4.47. The van der Waals surface area contributed by atoms with Crippen LogP contribution < -0.4 is 4.90 Å². The zero-order valence-electron chi connectivity index (χ0n) is 17.0. The van der Waals surface area contributed by atoms with E-state index in [9.17, 15) is 8.78 Å². The fourth-order valence-electron chi connectivity index (χ4n) is 3.87. The summed E-state index contributed by atoms with van der Waals surface area (Å²) in [6.45, 7) is 3.45. The van der Waals surface area contributed by atoms with Crippen LogP contribution in [0.15, 0.2) is 42.7 Å². The van der Waals surface area contributed by atoms with Gasteiger partial charge in [-0.15, -0.1) is 0 Å². The van der Waals surface area contributed by atoms with Gasteiger partial charge >= 0.3 is 0 Å². The van der Waals surface area contributed by atoms with E-state index in [1.807, 2.05) is 24.1 Å². The molecule has 0 bridgehead atoms. The number of aromatic amines is 1. The van der Waals surface area contributed by atoms with Crippen LogP contribution in [0.4, 0.5) is 14.6 Å². The fourth-order valence-corrected chi connectivity index (χ4v) is 3.87. The van der Waals surface area contributed by atoms with Gasteiger partial charge in [-0.05, 0) is 30.5 Å². The molecular formula is C22H21F2N7. The molecule has 0 fully saturated rings. The number of anilines is 1. The molecule has 0 unspecified atom stereocenters. The van der Waals surface area contributed by atoms with Crippen LogP contribution in [0.3, 0.4) is 0 Å². The Morgan fingerprint density at radius 3 is 2.84 bits per heavy atom. The average Bonchev–Trinajstić information content (AvgIpc) is 3.42. The van der Waals surface area contributed by atoms with Gasteiger partial charge in [0.1, 0.15) is 11.5 Å². The first-order chi connectivity index (χ1) is 15.1. The normalized spacial score (nSPS) is 13.5. The molecule has 0 radical (unpaired) electrons. The number of fused-ring (bicyclic) bond motifs is 1. The fraction of sp³-hybridized carbons (Fsp3) is 0.273. The number of halogens is 2. The topological polar surface area (TPSA) is 75.5 Å². The Hall–Kier alpha value is -3.62. The molecule has 0 spiro atoms. The molecule has 0 saturated carbocycles. The summed E-state index contributed by atoms with van der Waals surface area (Å²) in [5.41, 5.74) is 4.12. The molecule has 9 heteroatoms. The van der Waals surface area contributed by atoms with Crippen LogP contribution in [-0.2, 0) is 25.9 Å². The number of benzene rings is 1. The van der Waals surface area contributed by atoms with E-state index in [1.165, 1.54) is 12.3 Å². The maximum absolute atomic E-state index is 14.6. The summed E-state index contributed by atoms with van der Waals surface area (Å²) in [6, 6.07) is 8.51. The molecular weight excluding hydrogens is 400 g/mol. The Labute approximate surface area is 177 Å². The molecule has 0 amide bonds. The number of hydrogen-bond donors (Lipinski definition) is 1. The second-order valence-corrected chi connectivity index (χ2v) is 7.53. The second-order valence-electron chi connectivity index (χ2n) is 7.53. The van der Waals surface area contributed by atoms with Crippen LogP contribution in [0, 0.1) is 11.6 Å². The lowest BCUT2D eigenvalue weighted by atomic mass is 10.1. The number of hydrogen-bond acceptors (Lipinski definition) is 5. The van der Waals surface area contributed by atoms with Crippen molar-refractivity contribution in [3.05, 3.63) is 76.9 Å². The van der Waals surface area contributed by atoms with E-state index in [0.29, 0.717) is 43.1 Å². The molecule has 0 atom stereocenters. The van der Waals surface area contributed by atoms with Crippen molar-refractivity contribution in [2.45, 2.75) is 32.9 Å². The smallest absolute Gasteiger partial charge is 0.183 e. The van der Waals surface area contributed by atoms with Gasteiger partial charge in [-0.2, -0.15) is 10.2 Å². The molecule has 1 N–H and O–H groups in total. The van der Waals surface area contributed by atoms with Crippen LogP contribution in [-0.4, -0.2) is 36.5 Å². The monoisotopic (exact) mass is 421 g/mol. The number of H-pyrrole nitrogens is 1. The number of aryl methyl sites for hydroxylation is 1. The van der Waals surface area contributed by atoms with Crippen LogP contribution in [0.2, 0.25) is 0 Å². The van der Waals surface area contributed by atoms with Crippen molar-refractivity contribution in [2.75, 3.05) is 11.4 Å². The van der Waals surface area contributed by atoms with Gasteiger partial charge in [-0.25, -0.2) is 18.7 Å². The Morgan fingerprint density at radius 2 is 2.00 bits per heavy atom. The van der Waals surface area contributed by atoms with Crippen LogP contribution >= 0.6 is 0 Å². The Bertz CT molecular complexity index is 1230. The predicted octanol–water partition coefficient (Wildman–Crippen LogP) is 3.51. The lowest BCUT2D eigenvalue weighted by Crippen LogP contribution is -2.31. The number of nitrogens with one attached hydrogen (secondary N) is 1. The van der Waals surface area contributed by atoms with Gasteiger partial charge < -0.3 is 4.90 Å². The van der Waals surface area contributed by atoms with E-state index in [-0.39, 0.29) is 11.6 Å². The first-order valence-electron chi connectivity index (χ1n) is 10.2. The van der Waals surface area contributed by atoms with Gasteiger partial charge in [0.05, 0.1) is 31.2 Å². The van der Waals surface area contributed by atoms with Crippen molar-refractivity contribution in [1.82, 2.24) is 29.9 Å². The highest BCUT2D eigenvalue weighted by molar-refractivity contribution is 5.54. The third-order valence-corrected chi connectivity index (χ3v) is 5.57. The van der Waals surface area contributed by atoms with Crippen LogP contribution in [0.5, 0.6) is 0 Å². The van der Waals surface area contributed by atoms with Crippen LogP contribution in [0.1, 0.15) is 29.4 Å². The van der Waals surface area contributed by atoms with E-state index in [0.717, 1.165) is 23.4 Å². The summed E-state index contributed by atoms with van der Waals surface area (Å²) >= 11 is 0. The molecule has 7 nitrogen and oxygen atoms in total. The van der Waals surface area contributed by atoms with Crippen molar-refractivity contribution in [3.63, 3.8) is 0 Å². The third kappa shape index (κ3) is 3.67. The lowest BCUT2D eigenvalue weighted by Gasteiger charge is -2.27. The largest absolute Gasteiger partial charge is 0.348 e. The van der Waals surface area contributed by atoms with Crippen molar-refractivity contribution in [1.29, 1.82) is 0 Å². The second kappa shape index (κ2) is 7.90. The van der Waals surface area contributed by atoms with Gasteiger partial charge in [0.25, 0.3) is 0 Å². The molecule has 158 valence electrons. The molecule has 4 heterocycles. The molecule has 1 aliphatic rings. The van der Waals surface area contributed by atoms with Crippen molar-refractivity contribution in [3.8, 4) is 11.5 Å². The molecule has 0 aliphatic carbocycles. The quantitative estimate of drug-likeness (QED) is 0.534. The van der Waals surface area contributed by atoms with Crippen molar-refractivity contribution in [2.24, 2.45) is 0 Å². The number of nitrogens with zero attached hydrogens (tertiary/aromatic N) is 6. The van der Waals surface area contributed by atoms with E-state index in [2.05, 4.69) is 25.3 Å². The van der Waals surface area contributed by atoms with E-state index in [4.69, 9.17) is 0 Å². The average molecular weight is 421 g/mol.